The quantitative estimate of drug-likeness (QED) is 0.827. The Morgan fingerprint density at radius 2 is 1.90 bits per heavy atom. The van der Waals surface area contributed by atoms with Gasteiger partial charge in [0, 0.05) is 18.2 Å². The number of rotatable bonds is 3. The maximum Gasteiger partial charge on any atom is 0.314 e. The van der Waals surface area contributed by atoms with Gasteiger partial charge in [-0.1, -0.05) is 5.16 Å². The Balaban J connectivity index is 1.88. The van der Waals surface area contributed by atoms with Crippen LogP contribution in [0, 0.1) is 20.8 Å². The Kier molecular flexibility index (Phi) is 3.88. The number of hydrogen-bond acceptors (Lipinski definition) is 5. The molecule has 106 valence electrons. The average molecular weight is 277 g/mol. The minimum atomic E-state index is -0.795. The molecule has 20 heavy (non-hydrogen) atoms. The minimum absolute atomic E-state index is 0.206. The summed E-state index contributed by atoms with van der Waals surface area (Å²) in [7, 11) is 0. The second-order valence-electron chi connectivity index (χ2n) is 4.40. The fourth-order valence-electron chi connectivity index (χ4n) is 1.71. The van der Waals surface area contributed by atoms with Gasteiger partial charge in [0.1, 0.15) is 17.3 Å². The van der Waals surface area contributed by atoms with Gasteiger partial charge in [-0.3, -0.25) is 14.9 Å². The molecule has 2 rings (SSSR count). The molecular weight excluding hydrogens is 262 g/mol. The van der Waals surface area contributed by atoms with Gasteiger partial charge in [-0.2, -0.15) is 0 Å². The number of nitrogens with one attached hydrogen (secondary N) is 2. The lowest BCUT2D eigenvalue weighted by Crippen LogP contribution is -2.35. The summed E-state index contributed by atoms with van der Waals surface area (Å²) in [5.74, 6) is 0.688. The molecule has 0 saturated carbocycles. The first-order valence-electron chi connectivity index (χ1n) is 6.04. The molecule has 0 aliphatic carbocycles. The van der Waals surface area contributed by atoms with Gasteiger partial charge in [0.05, 0.1) is 0 Å². The van der Waals surface area contributed by atoms with Crippen LogP contribution in [0.25, 0.3) is 0 Å². The molecule has 0 saturated heterocycles. The van der Waals surface area contributed by atoms with Gasteiger partial charge < -0.3 is 14.3 Å². The summed E-state index contributed by atoms with van der Waals surface area (Å²) in [5.41, 5.74) is 0.834. The number of aryl methyl sites for hydroxylation is 3. The van der Waals surface area contributed by atoms with E-state index < -0.39 is 11.8 Å². The van der Waals surface area contributed by atoms with Crippen LogP contribution in [-0.2, 0) is 16.1 Å². The molecule has 2 amide bonds. The first-order valence-corrected chi connectivity index (χ1v) is 6.04. The highest BCUT2D eigenvalue weighted by Gasteiger charge is 2.16. The van der Waals surface area contributed by atoms with Crippen LogP contribution in [0.1, 0.15) is 22.8 Å². The number of amides is 2. The van der Waals surface area contributed by atoms with Gasteiger partial charge in [0.15, 0.2) is 5.82 Å². The Hall–Kier alpha value is -2.57. The molecule has 0 aliphatic heterocycles. The smallest absolute Gasteiger partial charge is 0.314 e. The Labute approximate surface area is 115 Å². The van der Waals surface area contributed by atoms with Crippen molar-refractivity contribution < 1.29 is 18.5 Å². The van der Waals surface area contributed by atoms with Crippen molar-refractivity contribution in [2.75, 3.05) is 5.32 Å². The van der Waals surface area contributed by atoms with E-state index in [1.54, 1.807) is 13.8 Å². The topological polar surface area (TPSA) is 97.4 Å². The van der Waals surface area contributed by atoms with E-state index >= 15 is 0 Å². The number of hydrogen-bond donors (Lipinski definition) is 2. The van der Waals surface area contributed by atoms with E-state index in [0.29, 0.717) is 5.76 Å². The third kappa shape index (κ3) is 3.25. The molecule has 0 atom stereocenters. The van der Waals surface area contributed by atoms with E-state index in [1.165, 1.54) is 6.07 Å². The molecule has 0 radical (unpaired) electrons. The maximum absolute atomic E-state index is 11.6. The van der Waals surface area contributed by atoms with Crippen molar-refractivity contribution in [3.8, 4) is 0 Å². The summed E-state index contributed by atoms with van der Waals surface area (Å²) in [6.45, 7) is 5.53. The number of furan rings is 1. The maximum atomic E-state index is 11.6. The van der Waals surface area contributed by atoms with Crippen molar-refractivity contribution in [3.63, 3.8) is 0 Å². The Bertz CT molecular complexity index is 642. The third-order valence-electron chi connectivity index (χ3n) is 2.66. The molecule has 0 unspecified atom stereocenters. The fourth-order valence-corrected chi connectivity index (χ4v) is 1.71. The summed E-state index contributed by atoms with van der Waals surface area (Å²) in [6.07, 6.45) is 0. The SMILES string of the molecule is Cc1cc(NC(=O)C(=O)NCc2cc(C)oc2C)no1. The van der Waals surface area contributed by atoms with Crippen LogP contribution < -0.4 is 10.6 Å². The zero-order chi connectivity index (χ0) is 14.7. The van der Waals surface area contributed by atoms with Crippen molar-refractivity contribution in [3.05, 3.63) is 35.0 Å². The molecule has 2 heterocycles. The molecule has 0 fully saturated rings. The van der Waals surface area contributed by atoms with E-state index in [9.17, 15) is 9.59 Å². The zero-order valence-electron chi connectivity index (χ0n) is 11.4. The van der Waals surface area contributed by atoms with E-state index in [2.05, 4.69) is 15.8 Å². The standard InChI is InChI=1S/C13H15N3O4/c1-7-4-10(9(3)19-7)6-14-12(17)13(18)15-11-5-8(2)20-16-11/h4-5H,6H2,1-3H3,(H,14,17)(H,15,16,18). The predicted octanol–water partition coefficient (Wildman–Crippen LogP) is 1.45. The largest absolute Gasteiger partial charge is 0.466 e. The van der Waals surface area contributed by atoms with Crippen LogP contribution in [0.2, 0.25) is 0 Å². The highest BCUT2D eigenvalue weighted by molar-refractivity contribution is 6.39. The lowest BCUT2D eigenvalue weighted by Gasteiger charge is -2.03. The number of anilines is 1. The van der Waals surface area contributed by atoms with Crippen LogP contribution in [0.15, 0.2) is 21.1 Å². The van der Waals surface area contributed by atoms with Crippen molar-refractivity contribution in [2.24, 2.45) is 0 Å². The second-order valence-corrected chi connectivity index (χ2v) is 4.40. The summed E-state index contributed by atoms with van der Waals surface area (Å²) in [5, 5.41) is 8.42. The van der Waals surface area contributed by atoms with Gasteiger partial charge in [0.25, 0.3) is 0 Å². The summed E-state index contributed by atoms with van der Waals surface area (Å²) < 4.78 is 10.1. The van der Waals surface area contributed by atoms with Crippen molar-refractivity contribution in [1.82, 2.24) is 10.5 Å². The first-order chi connectivity index (χ1) is 9.45. The highest BCUT2D eigenvalue weighted by Crippen LogP contribution is 2.13. The highest BCUT2D eigenvalue weighted by atomic mass is 16.5. The van der Waals surface area contributed by atoms with Crippen molar-refractivity contribution in [2.45, 2.75) is 27.3 Å². The normalized spacial score (nSPS) is 10.3. The molecule has 2 aromatic heterocycles. The van der Waals surface area contributed by atoms with Crippen molar-refractivity contribution in [1.29, 1.82) is 0 Å². The van der Waals surface area contributed by atoms with Crippen LogP contribution in [0.4, 0.5) is 5.82 Å². The van der Waals surface area contributed by atoms with Crippen LogP contribution in [-0.4, -0.2) is 17.0 Å². The number of aromatic nitrogens is 1. The molecule has 0 aromatic carbocycles. The van der Waals surface area contributed by atoms with Gasteiger partial charge in [0.2, 0.25) is 0 Å². The van der Waals surface area contributed by atoms with Crippen LogP contribution >= 0.6 is 0 Å². The molecule has 7 heteroatoms. The van der Waals surface area contributed by atoms with E-state index in [1.807, 2.05) is 13.0 Å². The molecule has 0 aliphatic rings. The van der Waals surface area contributed by atoms with Crippen LogP contribution in [0.3, 0.4) is 0 Å². The van der Waals surface area contributed by atoms with E-state index in [4.69, 9.17) is 8.94 Å². The van der Waals surface area contributed by atoms with Gasteiger partial charge in [-0.05, 0) is 26.8 Å². The lowest BCUT2D eigenvalue weighted by molar-refractivity contribution is -0.136. The Morgan fingerprint density at radius 1 is 1.15 bits per heavy atom. The monoisotopic (exact) mass is 277 g/mol. The lowest BCUT2D eigenvalue weighted by atomic mass is 10.2. The third-order valence-corrected chi connectivity index (χ3v) is 2.66. The zero-order valence-corrected chi connectivity index (χ0v) is 11.4. The fraction of sp³-hybridized carbons (Fsp3) is 0.308. The van der Waals surface area contributed by atoms with Crippen molar-refractivity contribution >= 4 is 17.6 Å². The van der Waals surface area contributed by atoms with Crippen LogP contribution in [0.5, 0.6) is 0 Å². The number of carbonyl (C=O) groups is 2. The second kappa shape index (κ2) is 5.60. The van der Waals surface area contributed by atoms with Gasteiger partial charge in [-0.15, -0.1) is 0 Å². The average Bonchev–Trinajstić information content (AvgIpc) is 2.92. The minimum Gasteiger partial charge on any atom is -0.466 e. The molecule has 2 aromatic rings. The molecule has 0 bridgehead atoms. The first kappa shape index (κ1) is 13.9. The molecule has 0 spiro atoms. The predicted molar refractivity (Wildman–Crippen MR) is 69.9 cm³/mol. The Morgan fingerprint density at radius 3 is 2.45 bits per heavy atom. The van der Waals surface area contributed by atoms with Gasteiger partial charge in [-0.25, -0.2) is 0 Å². The summed E-state index contributed by atoms with van der Waals surface area (Å²) in [6, 6.07) is 3.34. The molecule has 2 N–H and O–H groups in total. The summed E-state index contributed by atoms with van der Waals surface area (Å²) in [4.78, 5) is 23.2. The van der Waals surface area contributed by atoms with E-state index in [0.717, 1.165) is 17.1 Å². The number of nitrogens with zero attached hydrogens (tertiary/aromatic N) is 1. The van der Waals surface area contributed by atoms with Gasteiger partial charge >= 0.3 is 11.8 Å². The molecule has 7 nitrogen and oxygen atoms in total. The summed E-state index contributed by atoms with van der Waals surface area (Å²) >= 11 is 0. The molecular formula is C13H15N3O4. The van der Waals surface area contributed by atoms with E-state index in [-0.39, 0.29) is 12.4 Å². The number of carbonyl (C=O) groups excluding carboxylic acids is 2.